The molecule has 4 aliphatic rings. The molecule has 3 heterocycles. The first kappa shape index (κ1) is 24.0. The molecular weight excluding hydrogens is 546 g/mol. The fraction of sp³-hybridized carbons (Fsp3) is 0.119. The molecule has 2 atom stereocenters. The van der Waals surface area contributed by atoms with Gasteiger partial charge in [0.15, 0.2) is 0 Å². The Bertz CT molecular complexity index is 2560. The monoisotopic (exact) mass is 575 g/mol. The number of anilines is 1. The van der Waals surface area contributed by atoms with Gasteiger partial charge in [0.05, 0.1) is 27.6 Å². The van der Waals surface area contributed by atoms with Crippen LogP contribution in [-0.2, 0) is 6.42 Å². The highest BCUT2D eigenvalue weighted by Gasteiger charge is 2.54. The van der Waals surface area contributed by atoms with Gasteiger partial charge in [-0.25, -0.2) is 4.98 Å². The van der Waals surface area contributed by atoms with Crippen LogP contribution in [0, 0.1) is 5.92 Å². The zero-order valence-electron chi connectivity index (χ0n) is 25.0. The lowest BCUT2D eigenvalue weighted by atomic mass is 9.70. The number of para-hydroxylation sites is 2. The molecule has 3 aliphatic carbocycles. The van der Waals surface area contributed by atoms with E-state index < -0.39 is 0 Å². The predicted molar refractivity (Wildman–Crippen MR) is 187 cm³/mol. The summed E-state index contributed by atoms with van der Waals surface area (Å²) in [5.74, 6) is 0.246. The summed E-state index contributed by atoms with van der Waals surface area (Å²) in [6.07, 6.45) is 9.26. The standard InChI is InChI=1S/C42H29N3/c1-42-22-8-13-31-30-12-7-15-34-38(30)39-35(44(34)28-10-3-2-4-11-28)20-16-25-17-21-36(40(37(25)39)41(31)42)45(42)29-18-19-33-27(24-29)23-26-9-5-6-14-32(26)43-33/h2-16,18-20,22-24,41H,17,21H2,1H3. The molecule has 0 spiro atoms. The topological polar surface area (TPSA) is 21.1 Å². The van der Waals surface area contributed by atoms with Crippen LogP contribution in [0.3, 0.4) is 0 Å². The molecule has 3 heteroatoms. The Balaban J connectivity index is 1.24. The Morgan fingerprint density at radius 2 is 1.56 bits per heavy atom. The van der Waals surface area contributed by atoms with Crippen LogP contribution in [0.25, 0.3) is 60.4 Å². The van der Waals surface area contributed by atoms with Crippen molar-refractivity contribution in [1.29, 1.82) is 0 Å². The van der Waals surface area contributed by atoms with Crippen LogP contribution in [0.15, 0.2) is 133 Å². The minimum Gasteiger partial charge on any atom is -0.334 e. The van der Waals surface area contributed by atoms with Crippen molar-refractivity contribution in [3.05, 3.63) is 150 Å². The lowest BCUT2D eigenvalue weighted by Gasteiger charge is -2.43. The molecule has 3 nitrogen and oxygen atoms in total. The van der Waals surface area contributed by atoms with E-state index >= 15 is 0 Å². The van der Waals surface area contributed by atoms with E-state index in [-0.39, 0.29) is 11.5 Å². The van der Waals surface area contributed by atoms with Crippen LogP contribution in [0.5, 0.6) is 0 Å². The van der Waals surface area contributed by atoms with E-state index in [1.165, 1.54) is 77.5 Å². The van der Waals surface area contributed by atoms with Crippen molar-refractivity contribution in [2.75, 3.05) is 4.90 Å². The van der Waals surface area contributed by atoms with Crippen LogP contribution in [0.2, 0.25) is 0 Å². The molecule has 0 saturated heterocycles. The van der Waals surface area contributed by atoms with Gasteiger partial charge in [0.25, 0.3) is 0 Å². The summed E-state index contributed by atoms with van der Waals surface area (Å²) in [4.78, 5) is 7.69. The number of rotatable bonds is 2. The van der Waals surface area contributed by atoms with Crippen LogP contribution in [-0.4, -0.2) is 15.1 Å². The molecule has 11 rings (SSSR count). The normalized spacial score (nSPS) is 21.0. The zero-order chi connectivity index (χ0) is 29.4. The summed E-state index contributed by atoms with van der Waals surface area (Å²) in [5.41, 5.74) is 15.7. The van der Waals surface area contributed by atoms with Gasteiger partial charge in [0.1, 0.15) is 0 Å². The molecule has 0 fully saturated rings. The molecule has 0 bridgehead atoms. The van der Waals surface area contributed by atoms with E-state index in [2.05, 4.69) is 144 Å². The quantitative estimate of drug-likeness (QED) is 0.191. The minimum atomic E-state index is -0.225. The molecule has 2 aromatic heterocycles. The molecule has 7 aromatic rings. The molecular formula is C42H29N3. The maximum atomic E-state index is 5.00. The largest absolute Gasteiger partial charge is 0.334 e. The van der Waals surface area contributed by atoms with Gasteiger partial charge < -0.3 is 9.47 Å². The maximum absolute atomic E-state index is 5.00. The Kier molecular flexibility index (Phi) is 4.36. The summed E-state index contributed by atoms with van der Waals surface area (Å²) in [6, 6.07) is 40.2. The second-order valence-corrected chi connectivity index (χ2v) is 13.3. The van der Waals surface area contributed by atoms with Crippen molar-refractivity contribution in [3.8, 4) is 5.69 Å². The number of aromatic nitrogens is 2. The highest BCUT2D eigenvalue weighted by molar-refractivity contribution is 6.22. The van der Waals surface area contributed by atoms with Crippen molar-refractivity contribution in [2.45, 2.75) is 25.3 Å². The average Bonchev–Trinajstić information content (AvgIpc) is 3.51. The number of allylic oxidation sites excluding steroid dienone is 3. The van der Waals surface area contributed by atoms with Crippen molar-refractivity contribution in [1.82, 2.24) is 9.55 Å². The Morgan fingerprint density at radius 3 is 2.49 bits per heavy atom. The summed E-state index contributed by atoms with van der Waals surface area (Å²) >= 11 is 0. The van der Waals surface area contributed by atoms with Gasteiger partial charge in [0, 0.05) is 44.5 Å². The van der Waals surface area contributed by atoms with Crippen LogP contribution in [0.1, 0.15) is 30.0 Å². The fourth-order valence-electron chi connectivity index (χ4n) is 9.26. The smallest absolute Gasteiger partial charge is 0.0715 e. The van der Waals surface area contributed by atoms with Crippen molar-refractivity contribution in [3.63, 3.8) is 0 Å². The maximum Gasteiger partial charge on any atom is 0.0715 e. The fourth-order valence-corrected chi connectivity index (χ4v) is 9.26. The third-order valence-corrected chi connectivity index (χ3v) is 11.0. The number of pyridine rings is 1. The number of fused-ring (bicyclic) bond motifs is 3. The Morgan fingerprint density at radius 1 is 0.711 bits per heavy atom. The highest BCUT2D eigenvalue weighted by Crippen LogP contribution is 2.62. The van der Waals surface area contributed by atoms with Gasteiger partial charge >= 0.3 is 0 Å². The molecule has 212 valence electrons. The van der Waals surface area contributed by atoms with Gasteiger partial charge in [-0.3, -0.25) is 0 Å². The SMILES string of the molecule is CC12C=CC=C3c4cccc5c4c4c6c(ccc4n5-c4ccccc4)CCC(=C6C31)N2c1ccc2nc3ccccc3cc2c1. The van der Waals surface area contributed by atoms with E-state index in [9.17, 15) is 0 Å². The van der Waals surface area contributed by atoms with Gasteiger partial charge in [-0.1, -0.05) is 72.8 Å². The van der Waals surface area contributed by atoms with Gasteiger partial charge in [-0.15, -0.1) is 0 Å². The first-order valence-electron chi connectivity index (χ1n) is 16.1. The number of aryl methyl sites for hydroxylation is 1. The Hall–Kier alpha value is -5.41. The van der Waals surface area contributed by atoms with E-state index in [0.717, 1.165) is 23.9 Å². The first-order chi connectivity index (χ1) is 22.2. The van der Waals surface area contributed by atoms with Crippen molar-refractivity contribution in [2.24, 2.45) is 5.92 Å². The molecule has 45 heavy (non-hydrogen) atoms. The second kappa shape index (κ2) is 8.19. The number of nitrogens with zero attached hydrogens (tertiary/aromatic N) is 3. The molecule has 0 amide bonds. The lowest BCUT2D eigenvalue weighted by Crippen LogP contribution is -2.46. The van der Waals surface area contributed by atoms with E-state index in [1.807, 2.05) is 0 Å². The van der Waals surface area contributed by atoms with E-state index in [4.69, 9.17) is 4.98 Å². The number of benzene rings is 5. The molecule has 5 aromatic carbocycles. The summed E-state index contributed by atoms with van der Waals surface area (Å²) in [7, 11) is 0. The number of hydrogen-bond donors (Lipinski definition) is 0. The third kappa shape index (κ3) is 2.90. The molecule has 0 saturated carbocycles. The first-order valence-corrected chi connectivity index (χ1v) is 16.1. The minimum absolute atomic E-state index is 0.225. The third-order valence-electron chi connectivity index (χ3n) is 11.0. The van der Waals surface area contributed by atoms with E-state index in [0.29, 0.717) is 0 Å². The summed E-state index contributed by atoms with van der Waals surface area (Å²) in [6.45, 7) is 2.46. The second-order valence-electron chi connectivity index (χ2n) is 13.3. The van der Waals surface area contributed by atoms with Gasteiger partial charge in [-0.2, -0.15) is 0 Å². The Labute approximate surface area is 261 Å². The summed E-state index contributed by atoms with van der Waals surface area (Å²) < 4.78 is 2.48. The highest BCUT2D eigenvalue weighted by atomic mass is 15.2. The number of hydrogen-bond acceptors (Lipinski definition) is 2. The zero-order valence-corrected chi connectivity index (χ0v) is 25.0. The average molecular weight is 576 g/mol. The molecule has 0 N–H and O–H groups in total. The molecule has 0 radical (unpaired) electrons. The molecule has 1 aliphatic heterocycles. The van der Waals surface area contributed by atoms with Crippen LogP contribution < -0.4 is 4.90 Å². The van der Waals surface area contributed by atoms with Gasteiger partial charge in [-0.05, 0) is 102 Å². The lowest BCUT2D eigenvalue weighted by molar-refractivity contribution is 0.519. The van der Waals surface area contributed by atoms with Crippen LogP contribution >= 0.6 is 0 Å². The van der Waals surface area contributed by atoms with E-state index in [1.54, 1.807) is 0 Å². The van der Waals surface area contributed by atoms with Gasteiger partial charge in [0.2, 0.25) is 0 Å². The van der Waals surface area contributed by atoms with Crippen molar-refractivity contribution >= 4 is 60.4 Å². The summed E-state index contributed by atoms with van der Waals surface area (Å²) in [5, 5.41) is 5.19. The molecule has 2 unspecified atom stereocenters. The van der Waals surface area contributed by atoms with Crippen LogP contribution in [0.4, 0.5) is 5.69 Å². The van der Waals surface area contributed by atoms with Crippen molar-refractivity contribution < 1.29 is 0 Å². The predicted octanol–water partition coefficient (Wildman–Crippen LogP) is 10.0.